The summed E-state index contributed by atoms with van der Waals surface area (Å²) in [5.74, 6) is -1.66. The molecule has 1 rings (SSSR count). The smallest absolute Gasteiger partial charge is 0.339 e. The van der Waals surface area contributed by atoms with Gasteiger partial charge in [-0.3, -0.25) is 0 Å². The Balaban J connectivity index is 0.00000784. The van der Waals surface area contributed by atoms with E-state index < -0.39 is 11.9 Å². The van der Waals surface area contributed by atoms with Gasteiger partial charge in [0.15, 0.2) is 0 Å². The molecule has 1 radical (unpaired) electrons. The van der Waals surface area contributed by atoms with E-state index in [0.717, 1.165) is 12.8 Å². The van der Waals surface area contributed by atoms with Crippen molar-refractivity contribution in [2.24, 2.45) is 0 Å². The van der Waals surface area contributed by atoms with Crippen molar-refractivity contribution in [3.05, 3.63) is 35.4 Å². The van der Waals surface area contributed by atoms with Gasteiger partial charge < -0.3 is 9.84 Å². The van der Waals surface area contributed by atoms with Crippen LogP contribution in [-0.4, -0.2) is 23.7 Å². The number of ether oxygens (including phenoxy) is 1. The zero-order valence-corrected chi connectivity index (χ0v) is 20.1. The summed E-state index contributed by atoms with van der Waals surface area (Å²) in [4.78, 5) is 23.1. The van der Waals surface area contributed by atoms with E-state index in [-0.39, 0.29) is 49.7 Å². The van der Waals surface area contributed by atoms with E-state index in [4.69, 9.17) is 9.84 Å². The van der Waals surface area contributed by atoms with E-state index in [1.54, 1.807) is 12.1 Å². The van der Waals surface area contributed by atoms with Gasteiger partial charge in [-0.25, -0.2) is 9.59 Å². The van der Waals surface area contributed by atoms with Crippen LogP contribution >= 0.6 is 0 Å². The fourth-order valence-corrected chi connectivity index (χ4v) is 3.39. The second-order valence-electron chi connectivity index (χ2n) is 7.58. The quantitative estimate of drug-likeness (QED) is 0.168. The van der Waals surface area contributed by atoms with Gasteiger partial charge in [0, 0.05) is 38.6 Å². The van der Waals surface area contributed by atoms with Crippen molar-refractivity contribution in [1.29, 1.82) is 0 Å². The normalized spacial score (nSPS) is 10.4. The van der Waals surface area contributed by atoms with E-state index in [9.17, 15) is 9.59 Å². The maximum Gasteiger partial charge on any atom is 0.339 e. The van der Waals surface area contributed by atoms with E-state index in [0.29, 0.717) is 6.61 Å². The van der Waals surface area contributed by atoms with Crippen LogP contribution in [0.3, 0.4) is 0 Å². The van der Waals surface area contributed by atoms with E-state index in [1.807, 2.05) is 0 Å². The number of rotatable bonds is 17. The summed E-state index contributed by atoms with van der Waals surface area (Å²) in [7, 11) is 0. The Morgan fingerprint density at radius 2 is 1.14 bits per heavy atom. The van der Waals surface area contributed by atoms with Gasteiger partial charge in [-0.1, -0.05) is 103 Å². The first-order valence-electron chi connectivity index (χ1n) is 11.2. The number of hydrogen-bond acceptors (Lipinski definition) is 3. The predicted octanol–water partition coefficient (Wildman–Crippen LogP) is 7.02. The summed E-state index contributed by atoms with van der Waals surface area (Å²) in [6.45, 7) is 2.61. The molecule has 0 aliphatic carbocycles. The summed E-state index contributed by atoms with van der Waals surface area (Å²) < 4.78 is 5.22. The number of aromatic carboxylic acids is 1. The van der Waals surface area contributed by atoms with Crippen LogP contribution in [0.15, 0.2) is 24.3 Å². The van der Waals surface area contributed by atoms with Gasteiger partial charge in [0.1, 0.15) is 0 Å². The van der Waals surface area contributed by atoms with E-state index >= 15 is 0 Å². The maximum absolute atomic E-state index is 12.0. The Bertz CT molecular complexity index is 560. The molecule has 0 fully saturated rings. The van der Waals surface area contributed by atoms with Gasteiger partial charge in [-0.15, -0.1) is 0 Å². The van der Waals surface area contributed by atoms with Gasteiger partial charge in [-0.05, 0) is 18.6 Å². The van der Waals surface area contributed by atoms with Crippen LogP contribution in [0.4, 0.5) is 0 Å². The molecule has 0 aliphatic heterocycles. The third-order valence-electron chi connectivity index (χ3n) is 5.11. The number of unbranched alkanes of at least 4 members (excludes halogenated alkanes) is 13. The van der Waals surface area contributed by atoms with Crippen molar-refractivity contribution in [1.82, 2.24) is 0 Å². The van der Waals surface area contributed by atoms with Gasteiger partial charge in [0.05, 0.1) is 17.7 Å². The zero-order valence-electron chi connectivity index (χ0n) is 17.9. The summed E-state index contributed by atoms with van der Waals surface area (Å²) in [5.41, 5.74) is 0.119. The molecule has 0 spiro atoms. The molecule has 0 saturated carbocycles. The first-order valence-corrected chi connectivity index (χ1v) is 11.2. The second-order valence-corrected chi connectivity index (χ2v) is 7.58. The molecule has 0 bridgehead atoms. The zero-order chi connectivity index (χ0) is 20.5. The Morgan fingerprint density at radius 3 is 1.59 bits per heavy atom. The molecular formula is C24H38O4Tb. The van der Waals surface area contributed by atoms with Crippen molar-refractivity contribution in [2.45, 2.75) is 96.8 Å². The number of esters is 1. The minimum atomic E-state index is -1.11. The van der Waals surface area contributed by atoms with Crippen molar-refractivity contribution in [2.75, 3.05) is 6.61 Å². The molecule has 0 heterocycles. The van der Waals surface area contributed by atoms with Crippen LogP contribution in [0.25, 0.3) is 0 Å². The molecule has 1 aromatic carbocycles. The molecule has 1 aromatic rings. The average Bonchev–Trinajstić information content (AvgIpc) is 2.70. The largest absolute Gasteiger partial charge is 0.478 e. The van der Waals surface area contributed by atoms with E-state index in [2.05, 4.69) is 6.92 Å². The monoisotopic (exact) mass is 549 g/mol. The molecular weight excluding hydrogens is 511 g/mol. The Hall–Kier alpha value is -0.554. The summed E-state index contributed by atoms with van der Waals surface area (Å²) in [5, 5.41) is 9.11. The molecule has 0 saturated heterocycles. The fourth-order valence-electron chi connectivity index (χ4n) is 3.39. The maximum atomic E-state index is 12.0. The second kappa shape index (κ2) is 19.4. The van der Waals surface area contributed by atoms with Gasteiger partial charge in [0.25, 0.3) is 0 Å². The van der Waals surface area contributed by atoms with Crippen molar-refractivity contribution in [3.8, 4) is 0 Å². The first-order chi connectivity index (χ1) is 13.7. The summed E-state index contributed by atoms with van der Waals surface area (Å²) in [6.07, 6.45) is 17.9. The Morgan fingerprint density at radius 1 is 0.724 bits per heavy atom. The number of benzene rings is 1. The minimum Gasteiger partial charge on any atom is -0.478 e. The van der Waals surface area contributed by atoms with Crippen LogP contribution in [0, 0.1) is 38.6 Å². The van der Waals surface area contributed by atoms with Crippen LogP contribution in [0.2, 0.25) is 0 Å². The van der Waals surface area contributed by atoms with Crippen LogP contribution in [0.5, 0.6) is 0 Å². The van der Waals surface area contributed by atoms with Gasteiger partial charge >= 0.3 is 11.9 Å². The number of hydrogen-bond donors (Lipinski definition) is 1. The van der Waals surface area contributed by atoms with Crippen molar-refractivity contribution < 1.29 is 58.0 Å². The van der Waals surface area contributed by atoms with Gasteiger partial charge in [0.2, 0.25) is 0 Å². The van der Waals surface area contributed by atoms with Crippen molar-refractivity contribution in [3.63, 3.8) is 0 Å². The predicted molar refractivity (Wildman–Crippen MR) is 114 cm³/mol. The van der Waals surface area contributed by atoms with Gasteiger partial charge in [-0.2, -0.15) is 0 Å². The molecule has 0 unspecified atom stereocenters. The molecule has 0 aliphatic rings. The topological polar surface area (TPSA) is 63.6 Å². The third-order valence-corrected chi connectivity index (χ3v) is 5.11. The first kappa shape index (κ1) is 28.4. The van der Waals surface area contributed by atoms with Crippen LogP contribution < -0.4 is 0 Å². The number of carboxylic acids is 1. The third kappa shape index (κ3) is 14.1. The Labute approximate surface area is 207 Å². The number of carbonyl (C=O) groups excluding carboxylic acids is 1. The summed E-state index contributed by atoms with van der Waals surface area (Å²) >= 11 is 0. The molecule has 0 aromatic heterocycles. The SMILES string of the molecule is CCCCCCCCCCCCCCCCOC(=O)c1ccccc1C(=O)O.[Tb]. The number of carboxylic acid groups (broad SMARTS) is 1. The average molecular weight is 549 g/mol. The van der Waals surface area contributed by atoms with Crippen LogP contribution in [-0.2, 0) is 4.74 Å². The molecule has 0 atom stereocenters. The molecule has 167 valence electrons. The molecule has 5 heteroatoms. The molecule has 0 amide bonds. The molecule has 4 nitrogen and oxygen atoms in total. The molecule has 1 N–H and O–H groups in total. The van der Waals surface area contributed by atoms with E-state index in [1.165, 1.54) is 89.2 Å². The minimum absolute atomic E-state index is 0. The Kier molecular flexibility index (Phi) is 19.0. The number of carbonyl (C=O) groups is 2. The summed E-state index contributed by atoms with van der Waals surface area (Å²) in [6, 6.07) is 6.17. The van der Waals surface area contributed by atoms with Crippen LogP contribution in [0.1, 0.15) is 118 Å². The van der Waals surface area contributed by atoms with Crippen molar-refractivity contribution >= 4 is 11.9 Å². The molecule has 29 heavy (non-hydrogen) atoms. The fraction of sp³-hybridized carbons (Fsp3) is 0.667. The standard InChI is InChI=1S/C24H38O4.Tb/c1-2-3-4-5-6-7-8-9-10-11-12-13-14-17-20-28-24(27)22-19-16-15-18-21(22)23(25)26;/h15-16,18-19H,2-14,17,20H2,1H3,(H,25,26);.